The molecule has 0 bridgehead atoms. The largest absolute Gasteiger partial charge is 0.349 e. The number of amides is 2. The molecule has 5 aromatic rings. The minimum absolute atomic E-state index is 0.165. The SMILES string of the molecule is Cc1ccc(-c2nc(C(=O)N3CCCC[C@H]3CNC(=O)c3c(C)nc4sccn34)c(-c3ccc(F)cc3)s2)cc1. The van der Waals surface area contributed by atoms with E-state index in [1.807, 2.05) is 54.6 Å². The van der Waals surface area contributed by atoms with Gasteiger partial charge in [0, 0.05) is 36.3 Å². The average Bonchev–Trinajstić information content (AvgIpc) is 3.67. The third kappa shape index (κ3) is 5.04. The second-order valence-electron chi connectivity index (χ2n) is 10.0. The van der Waals surface area contributed by atoms with Crippen molar-refractivity contribution in [3.8, 4) is 21.0 Å². The van der Waals surface area contributed by atoms with Crippen molar-refractivity contribution in [2.24, 2.45) is 0 Å². The Morgan fingerprint density at radius 3 is 2.55 bits per heavy atom. The Morgan fingerprint density at radius 1 is 1.02 bits per heavy atom. The van der Waals surface area contributed by atoms with Gasteiger partial charge in [0.2, 0.25) is 0 Å². The quantitative estimate of drug-likeness (QED) is 0.256. The standard InChI is InChI=1S/C30H28FN5O2S2/c1-18-6-8-21(9-7-18)28-34-24(26(40-28)20-10-12-22(31)13-11-20)29(38)35-14-4-3-5-23(35)17-32-27(37)25-19(2)33-30-36(25)15-16-39-30/h6-13,15-16,23H,3-5,14,17H2,1-2H3,(H,32,37)/t23-/m0/s1. The molecule has 4 heterocycles. The lowest BCUT2D eigenvalue weighted by Crippen LogP contribution is -2.49. The Morgan fingerprint density at radius 2 is 1.77 bits per heavy atom. The fourth-order valence-electron chi connectivity index (χ4n) is 5.16. The van der Waals surface area contributed by atoms with E-state index in [0.717, 1.165) is 45.9 Å². The number of benzene rings is 2. The minimum atomic E-state index is -0.333. The highest BCUT2D eigenvalue weighted by Crippen LogP contribution is 2.37. The molecule has 204 valence electrons. The van der Waals surface area contributed by atoms with Crippen LogP contribution in [0, 0.1) is 19.7 Å². The van der Waals surface area contributed by atoms with Crippen LogP contribution in [-0.4, -0.2) is 50.2 Å². The van der Waals surface area contributed by atoms with Gasteiger partial charge in [-0.25, -0.2) is 14.4 Å². The summed E-state index contributed by atoms with van der Waals surface area (Å²) in [6.45, 7) is 4.77. The first-order valence-electron chi connectivity index (χ1n) is 13.2. The maximum Gasteiger partial charge on any atom is 0.274 e. The average molecular weight is 574 g/mol. The number of aromatic nitrogens is 3. The Balaban J connectivity index is 1.29. The number of carbonyl (C=O) groups is 2. The molecule has 0 spiro atoms. The maximum absolute atomic E-state index is 14.1. The van der Waals surface area contributed by atoms with Gasteiger partial charge < -0.3 is 10.2 Å². The molecule has 40 heavy (non-hydrogen) atoms. The van der Waals surface area contributed by atoms with Gasteiger partial charge in [0.15, 0.2) is 4.96 Å². The number of carbonyl (C=O) groups excluding carboxylic acids is 2. The fraction of sp³-hybridized carbons (Fsp3) is 0.267. The van der Waals surface area contributed by atoms with E-state index < -0.39 is 0 Å². The van der Waals surface area contributed by atoms with Crippen LogP contribution in [0.15, 0.2) is 60.1 Å². The molecule has 1 fully saturated rings. The highest BCUT2D eigenvalue weighted by Gasteiger charge is 2.32. The monoisotopic (exact) mass is 573 g/mol. The van der Waals surface area contributed by atoms with Gasteiger partial charge in [0.1, 0.15) is 22.2 Å². The summed E-state index contributed by atoms with van der Waals surface area (Å²) in [5, 5.41) is 5.69. The first kappa shape index (κ1) is 26.3. The van der Waals surface area contributed by atoms with E-state index >= 15 is 0 Å². The molecule has 1 atom stereocenters. The van der Waals surface area contributed by atoms with Gasteiger partial charge in [0.05, 0.1) is 10.6 Å². The molecule has 0 aliphatic carbocycles. The van der Waals surface area contributed by atoms with Crippen LogP contribution in [0.5, 0.6) is 0 Å². The van der Waals surface area contributed by atoms with Gasteiger partial charge in [-0.3, -0.25) is 14.0 Å². The van der Waals surface area contributed by atoms with Crippen LogP contribution in [-0.2, 0) is 0 Å². The smallest absolute Gasteiger partial charge is 0.274 e. The molecule has 2 amide bonds. The number of rotatable bonds is 6. The van der Waals surface area contributed by atoms with E-state index in [4.69, 9.17) is 4.98 Å². The van der Waals surface area contributed by atoms with Crippen LogP contribution in [0.1, 0.15) is 51.5 Å². The van der Waals surface area contributed by atoms with Gasteiger partial charge in [-0.05, 0) is 50.8 Å². The van der Waals surface area contributed by atoms with Crippen LogP contribution in [0.3, 0.4) is 0 Å². The van der Waals surface area contributed by atoms with Crippen molar-refractivity contribution in [2.75, 3.05) is 13.1 Å². The molecular formula is C30H28FN5O2S2. The van der Waals surface area contributed by atoms with Crippen LogP contribution >= 0.6 is 22.7 Å². The van der Waals surface area contributed by atoms with Gasteiger partial charge in [-0.2, -0.15) is 0 Å². The molecule has 6 rings (SSSR count). The lowest BCUT2D eigenvalue weighted by molar-refractivity contribution is 0.0598. The molecule has 1 aliphatic heterocycles. The number of thiazole rings is 2. The van der Waals surface area contributed by atoms with Crippen molar-refractivity contribution in [2.45, 2.75) is 39.2 Å². The zero-order chi connectivity index (χ0) is 27.8. The summed E-state index contributed by atoms with van der Waals surface area (Å²) in [6, 6.07) is 14.0. The van der Waals surface area contributed by atoms with Gasteiger partial charge >= 0.3 is 0 Å². The number of halogens is 1. The van der Waals surface area contributed by atoms with Crippen molar-refractivity contribution in [1.82, 2.24) is 24.6 Å². The fourth-order valence-corrected chi connectivity index (χ4v) is 6.99. The summed E-state index contributed by atoms with van der Waals surface area (Å²) in [5.41, 5.74) is 4.37. The van der Waals surface area contributed by atoms with E-state index in [-0.39, 0.29) is 23.7 Å². The number of likely N-dealkylation sites (tertiary alicyclic amines) is 1. The third-order valence-corrected chi connectivity index (χ3v) is 9.18. The molecule has 0 saturated carbocycles. The topological polar surface area (TPSA) is 79.6 Å². The number of hydrogen-bond acceptors (Lipinski definition) is 6. The molecule has 7 nitrogen and oxygen atoms in total. The predicted molar refractivity (Wildman–Crippen MR) is 156 cm³/mol. The lowest BCUT2D eigenvalue weighted by atomic mass is 10.0. The van der Waals surface area contributed by atoms with Gasteiger partial charge in [-0.15, -0.1) is 22.7 Å². The number of piperidine rings is 1. The molecule has 0 radical (unpaired) electrons. The molecule has 3 aromatic heterocycles. The molecule has 1 saturated heterocycles. The van der Waals surface area contributed by atoms with E-state index in [9.17, 15) is 14.0 Å². The number of hydrogen-bond donors (Lipinski definition) is 1. The van der Waals surface area contributed by atoms with Crippen LogP contribution in [0.4, 0.5) is 4.39 Å². The molecule has 10 heteroatoms. The van der Waals surface area contributed by atoms with E-state index in [2.05, 4.69) is 10.3 Å². The summed E-state index contributed by atoms with van der Waals surface area (Å²) >= 11 is 2.91. The highest BCUT2D eigenvalue weighted by molar-refractivity contribution is 7.18. The van der Waals surface area contributed by atoms with Crippen molar-refractivity contribution >= 4 is 39.4 Å². The molecule has 2 aromatic carbocycles. The molecular weight excluding hydrogens is 545 g/mol. The molecule has 1 aliphatic rings. The second-order valence-corrected chi connectivity index (χ2v) is 11.9. The molecule has 0 unspecified atom stereocenters. The lowest BCUT2D eigenvalue weighted by Gasteiger charge is -2.35. The Kier molecular flexibility index (Phi) is 7.20. The van der Waals surface area contributed by atoms with Crippen molar-refractivity contribution in [3.63, 3.8) is 0 Å². The number of nitrogens with one attached hydrogen (secondary N) is 1. The number of nitrogens with zero attached hydrogens (tertiary/aromatic N) is 4. The van der Waals surface area contributed by atoms with E-state index in [0.29, 0.717) is 35.0 Å². The minimum Gasteiger partial charge on any atom is -0.349 e. The maximum atomic E-state index is 14.1. The highest BCUT2D eigenvalue weighted by atomic mass is 32.1. The van der Waals surface area contributed by atoms with Crippen molar-refractivity contribution in [1.29, 1.82) is 0 Å². The Bertz CT molecular complexity index is 1690. The Labute approximate surface area is 239 Å². The van der Waals surface area contributed by atoms with E-state index in [1.165, 1.54) is 34.8 Å². The second kappa shape index (κ2) is 10.9. The third-order valence-electron chi connectivity index (χ3n) is 7.27. The first-order chi connectivity index (χ1) is 19.4. The summed E-state index contributed by atoms with van der Waals surface area (Å²) in [6.07, 6.45) is 4.48. The van der Waals surface area contributed by atoms with Gasteiger partial charge in [-0.1, -0.05) is 42.0 Å². The predicted octanol–water partition coefficient (Wildman–Crippen LogP) is 6.37. The summed E-state index contributed by atoms with van der Waals surface area (Å²) in [5.74, 6) is -0.711. The zero-order valence-electron chi connectivity index (χ0n) is 22.2. The number of fused-ring (bicyclic) bond motifs is 1. The van der Waals surface area contributed by atoms with Crippen molar-refractivity contribution < 1.29 is 14.0 Å². The zero-order valence-corrected chi connectivity index (χ0v) is 23.8. The number of imidazole rings is 1. The summed E-state index contributed by atoms with van der Waals surface area (Å²) in [4.78, 5) is 39.9. The van der Waals surface area contributed by atoms with E-state index in [1.54, 1.807) is 16.5 Å². The first-order valence-corrected chi connectivity index (χ1v) is 14.9. The van der Waals surface area contributed by atoms with Crippen LogP contribution in [0.25, 0.3) is 26.0 Å². The normalized spacial score (nSPS) is 15.5. The summed E-state index contributed by atoms with van der Waals surface area (Å²) in [7, 11) is 0. The van der Waals surface area contributed by atoms with Crippen LogP contribution in [0.2, 0.25) is 0 Å². The Hall–Kier alpha value is -3.89. The van der Waals surface area contributed by atoms with Gasteiger partial charge in [0.25, 0.3) is 11.8 Å². The van der Waals surface area contributed by atoms with Crippen molar-refractivity contribution in [3.05, 3.63) is 88.6 Å². The summed E-state index contributed by atoms with van der Waals surface area (Å²) < 4.78 is 15.5. The van der Waals surface area contributed by atoms with Crippen LogP contribution < -0.4 is 5.32 Å². The number of aryl methyl sites for hydroxylation is 2. The molecule has 1 N–H and O–H groups in total.